The van der Waals surface area contributed by atoms with Gasteiger partial charge in [-0.25, -0.2) is 4.98 Å². The van der Waals surface area contributed by atoms with E-state index in [4.69, 9.17) is 5.26 Å². The first-order chi connectivity index (χ1) is 15.7. The minimum absolute atomic E-state index is 0.151. The van der Waals surface area contributed by atoms with E-state index in [0.29, 0.717) is 18.7 Å². The fourth-order valence-electron chi connectivity index (χ4n) is 5.00. The lowest BCUT2D eigenvalue weighted by atomic mass is 9.87. The number of carbonyl (C=O) groups excluding carboxylic acids is 1. The number of nitriles is 1. The van der Waals surface area contributed by atoms with Crippen LogP contribution in [0.3, 0.4) is 0 Å². The van der Waals surface area contributed by atoms with Crippen molar-refractivity contribution in [2.24, 2.45) is 0 Å². The number of aryl methyl sites for hydroxylation is 1. The number of rotatable bonds is 6. The highest BCUT2D eigenvalue weighted by molar-refractivity contribution is 5.84. The lowest BCUT2D eigenvalue weighted by Crippen LogP contribution is -2.40. The third-order valence-corrected chi connectivity index (χ3v) is 6.72. The molecule has 3 aromatic rings. The van der Waals surface area contributed by atoms with E-state index in [2.05, 4.69) is 50.1 Å². The molecule has 2 aliphatic rings. The van der Waals surface area contributed by atoms with Gasteiger partial charge in [-0.2, -0.15) is 5.26 Å². The van der Waals surface area contributed by atoms with Gasteiger partial charge < -0.3 is 14.8 Å². The maximum absolute atomic E-state index is 13.2. The first-order valence-corrected chi connectivity index (χ1v) is 11.3. The van der Waals surface area contributed by atoms with Crippen LogP contribution >= 0.6 is 0 Å². The van der Waals surface area contributed by atoms with Crippen LogP contribution in [0.1, 0.15) is 53.3 Å². The summed E-state index contributed by atoms with van der Waals surface area (Å²) >= 11 is 0. The highest BCUT2D eigenvalue weighted by Gasteiger charge is 2.37. The molecule has 162 valence electrons. The van der Waals surface area contributed by atoms with Crippen LogP contribution in [0.2, 0.25) is 0 Å². The number of imidazole rings is 1. The van der Waals surface area contributed by atoms with Gasteiger partial charge in [-0.05, 0) is 54.5 Å². The summed E-state index contributed by atoms with van der Waals surface area (Å²) in [7, 11) is 0. The van der Waals surface area contributed by atoms with Crippen molar-refractivity contribution in [1.29, 1.82) is 5.26 Å². The lowest BCUT2D eigenvalue weighted by molar-refractivity contribution is -0.131. The fraction of sp³-hybridized carbons (Fsp3) is 0.346. The second-order valence-corrected chi connectivity index (χ2v) is 8.68. The maximum atomic E-state index is 13.2. The topological polar surface area (TPSA) is 74.0 Å². The van der Waals surface area contributed by atoms with Gasteiger partial charge in [0.2, 0.25) is 5.91 Å². The Morgan fingerprint density at radius 1 is 1.12 bits per heavy atom. The van der Waals surface area contributed by atoms with Crippen LogP contribution < -0.4 is 5.32 Å². The summed E-state index contributed by atoms with van der Waals surface area (Å²) in [4.78, 5) is 19.6. The molecule has 1 saturated heterocycles. The third kappa shape index (κ3) is 4.04. The highest BCUT2D eigenvalue weighted by atomic mass is 16.2. The smallest absolute Gasteiger partial charge is 0.240 e. The quantitative estimate of drug-likeness (QED) is 0.655. The Morgan fingerprint density at radius 3 is 2.81 bits per heavy atom. The molecule has 1 aliphatic heterocycles. The summed E-state index contributed by atoms with van der Waals surface area (Å²) in [6.45, 7) is 2.09. The van der Waals surface area contributed by atoms with E-state index in [9.17, 15) is 4.79 Å². The molecule has 0 radical (unpaired) electrons. The zero-order valence-corrected chi connectivity index (χ0v) is 18.1. The average Bonchev–Trinajstić information content (AvgIpc) is 3.43. The van der Waals surface area contributed by atoms with Gasteiger partial charge >= 0.3 is 0 Å². The molecular formula is C26H27N5O. The zero-order chi connectivity index (χ0) is 21.9. The Bertz CT molecular complexity index is 1140. The first kappa shape index (κ1) is 20.5. The van der Waals surface area contributed by atoms with Gasteiger partial charge in [0.05, 0.1) is 35.7 Å². The number of amides is 1. The van der Waals surface area contributed by atoms with Crippen LogP contribution in [0.4, 0.5) is 0 Å². The Kier molecular flexibility index (Phi) is 5.74. The Labute approximate surface area is 188 Å². The van der Waals surface area contributed by atoms with E-state index >= 15 is 0 Å². The lowest BCUT2D eigenvalue weighted by Gasteiger charge is -2.33. The molecule has 6 nitrogen and oxygen atoms in total. The minimum Gasteiger partial charge on any atom is -0.334 e. The molecule has 2 aromatic carbocycles. The van der Waals surface area contributed by atoms with Crippen molar-refractivity contribution in [2.75, 3.05) is 6.54 Å². The van der Waals surface area contributed by atoms with Gasteiger partial charge in [0.15, 0.2) is 0 Å². The Hall–Kier alpha value is -3.43. The van der Waals surface area contributed by atoms with E-state index in [0.717, 1.165) is 43.5 Å². The van der Waals surface area contributed by atoms with E-state index in [1.54, 1.807) is 0 Å². The maximum Gasteiger partial charge on any atom is 0.240 e. The number of likely N-dealkylation sites (tertiary alicyclic amines) is 1. The van der Waals surface area contributed by atoms with Gasteiger partial charge in [0, 0.05) is 25.8 Å². The summed E-state index contributed by atoms with van der Waals surface area (Å²) in [5.41, 5.74) is 5.53. The van der Waals surface area contributed by atoms with Crippen LogP contribution in [0, 0.1) is 11.3 Å². The third-order valence-electron chi connectivity index (χ3n) is 6.72. The summed E-state index contributed by atoms with van der Waals surface area (Å²) in [5.74, 6) is 0.213. The standard InChI is InChI=1S/C26H27N5O/c27-14-19-8-10-20(11-9-19)17-30-18-28-15-22(30)16-29-24-12-13-31(26(24)32)25-7-3-5-21-4-1-2-6-23(21)25/h1-2,4,6,8-11,15,18,24-25,29H,3,5,7,12-13,16-17H2/t24-,25?/m1/s1. The molecule has 2 heterocycles. The average molecular weight is 426 g/mol. The molecule has 1 unspecified atom stereocenters. The van der Waals surface area contributed by atoms with Crippen molar-refractivity contribution in [1.82, 2.24) is 19.8 Å². The first-order valence-electron chi connectivity index (χ1n) is 11.3. The predicted octanol–water partition coefficient (Wildman–Crippen LogP) is 3.57. The molecule has 2 atom stereocenters. The van der Waals surface area contributed by atoms with Crippen LogP contribution in [-0.4, -0.2) is 32.9 Å². The largest absolute Gasteiger partial charge is 0.334 e. The molecule has 1 fully saturated rings. The van der Waals surface area contributed by atoms with Crippen LogP contribution in [0.25, 0.3) is 0 Å². The zero-order valence-electron chi connectivity index (χ0n) is 18.1. The highest BCUT2D eigenvalue weighted by Crippen LogP contribution is 2.36. The monoisotopic (exact) mass is 425 g/mol. The molecule has 5 rings (SSSR count). The van der Waals surface area contributed by atoms with Crippen LogP contribution in [-0.2, 0) is 24.3 Å². The van der Waals surface area contributed by atoms with Gasteiger partial charge in [-0.1, -0.05) is 36.4 Å². The second kappa shape index (κ2) is 8.97. The molecule has 6 heteroatoms. The molecule has 0 saturated carbocycles. The second-order valence-electron chi connectivity index (χ2n) is 8.68. The van der Waals surface area contributed by atoms with Gasteiger partial charge in [0.25, 0.3) is 0 Å². The summed E-state index contributed by atoms with van der Waals surface area (Å²) in [6, 6.07) is 18.4. The molecule has 1 amide bonds. The number of hydrogen-bond donors (Lipinski definition) is 1. The molecular weight excluding hydrogens is 398 g/mol. The van der Waals surface area contributed by atoms with Gasteiger partial charge in [-0.3, -0.25) is 4.79 Å². The number of fused-ring (bicyclic) bond motifs is 1. The Balaban J connectivity index is 1.22. The van der Waals surface area contributed by atoms with Crippen molar-refractivity contribution in [3.05, 3.63) is 89.0 Å². The van der Waals surface area contributed by atoms with E-state index in [1.165, 1.54) is 11.1 Å². The van der Waals surface area contributed by atoms with Crippen molar-refractivity contribution in [3.8, 4) is 6.07 Å². The molecule has 1 aromatic heterocycles. The van der Waals surface area contributed by atoms with E-state index in [-0.39, 0.29) is 18.0 Å². The summed E-state index contributed by atoms with van der Waals surface area (Å²) in [6.07, 6.45) is 7.80. The molecule has 0 bridgehead atoms. The number of nitrogens with one attached hydrogen (secondary N) is 1. The normalized spacial score (nSPS) is 20.2. The van der Waals surface area contributed by atoms with E-state index in [1.807, 2.05) is 36.8 Å². The minimum atomic E-state index is -0.151. The van der Waals surface area contributed by atoms with Gasteiger partial charge in [-0.15, -0.1) is 0 Å². The van der Waals surface area contributed by atoms with Crippen molar-refractivity contribution >= 4 is 5.91 Å². The van der Waals surface area contributed by atoms with Gasteiger partial charge in [0.1, 0.15) is 0 Å². The van der Waals surface area contributed by atoms with Crippen molar-refractivity contribution in [2.45, 2.75) is 50.9 Å². The molecule has 32 heavy (non-hydrogen) atoms. The van der Waals surface area contributed by atoms with E-state index < -0.39 is 0 Å². The number of nitrogens with zero attached hydrogens (tertiary/aromatic N) is 4. The number of hydrogen-bond acceptors (Lipinski definition) is 4. The van der Waals surface area contributed by atoms with Crippen molar-refractivity contribution < 1.29 is 4.79 Å². The molecule has 0 spiro atoms. The van der Waals surface area contributed by atoms with Crippen LogP contribution in [0.5, 0.6) is 0 Å². The van der Waals surface area contributed by atoms with Crippen LogP contribution in [0.15, 0.2) is 61.1 Å². The number of aromatic nitrogens is 2. The fourth-order valence-corrected chi connectivity index (χ4v) is 5.00. The number of benzene rings is 2. The Morgan fingerprint density at radius 2 is 1.97 bits per heavy atom. The SMILES string of the molecule is N#Cc1ccc(Cn2cncc2CN[C@@H]2CCN(C3CCCc4ccccc43)C2=O)cc1. The number of carbonyl (C=O) groups is 1. The predicted molar refractivity (Wildman–Crippen MR) is 122 cm³/mol. The molecule has 1 N–H and O–H groups in total. The molecule has 1 aliphatic carbocycles. The summed E-state index contributed by atoms with van der Waals surface area (Å²) < 4.78 is 2.09. The summed E-state index contributed by atoms with van der Waals surface area (Å²) in [5, 5.41) is 12.4. The van der Waals surface area contributed by atoms with Crippen molar-refractivity contribution in [3.63, 3.8) is 0 Å².